The van der Waals surface area contributed by atoms with Crippen molar-refractivity contribution in [1.29, 1.82) is 0 Å². The van der Waals surface area contributed by atoms with Crippen LogP contribution < -0.4 is 0 Å². The van der Waals surface area contributed by atoms with Gasteiger partial charge in [0, 0.05) is 29.6 Å². The number of aromatic nitrogens is 4. The van der Waals surface area contributed by atoms with Crippen molar-refractivity contribution < 1.29 is 14.4 Å². The lowest BCUT2D eigenvalue weighted by molar-refractivity contribution is 0.0474. The van der Waals surface area contributed by atoms with Crippen LogP contribution in [0.25, 0.3) is 5.69 Å². The van der Waals surface area contributed by atoms with Crippen LogP contribution in [0.3, 0.4) is 0 Å². The summed E-state index contributed by atoms with van der Waals surface area (Å²) in [6.07, 6.45) is 4.84. The molecular weight excluding hydrogens is 406 g/mol. The second-order valence-corrected chi connectivity index (χ2v) is 8.67. The van der Waals surface area contributed by atoms with E-state index in [-0.39, 0.29) is 17.9 Å². The second-order valence-electron chi connectivity index (χ2n) is 8.24. The molecule has 2 atom stereocenters. The van der Waals surface area contributed by atoms with Gasteiger partial charge in [0.1, 0.15) is 5.60 Å². The average molecular weight is 430 g/mol. The Bertz CT molecular complexity index is 1040. The van der Waals surface area contributed by atoms with Gasteiger partial charge in [0.15, 0.2) is 5.76 Å². The van der Waals surface area contributed by atoms with Gasteiger partial charge < -0.3 is 14.5 Å². The first-order chi connectivity index (χ1) is 14.2. The van der Waals surface area contributed by atoms with E-state index in [2.05, 4.69) is 15.4 Å². The number of benzene rings is 1. The van der Waals surface area contributed by atoms with E-state index in [0.29, 0.717) is 28.6 Å². The first kappa shape index (κ1) is 20.6. The van der Waals surface area contributed by atoms with Crippen LogP contribution in [0.5, 0.6) is 0 Å². The Morgan fingerprint density at radius 1 is 1.23 bits per heavy atom. The number of halogens is 1. The third-order valence-electron chi connectivity index (χ3n) is 5.52. The van der Waals surface area contributed by atoms with Gasteiger partial charge >= 0.3 is 0 Å². The monoisotopic (exact) mass is 429 g/mol. The maximum absolute atomic E-state index is 13.5. The molecule has 0 unspecified atom stereocenters. The molecule has 0 saturated carbocycles. The minimum absolute atomic E-state index is 0.0236. The van der Waals surface area contributed by atoms with E-state index >= 15 is 0 Å². The number of carbonyl (C=O) groups is 1. The lowest BCUT2D eigenvalue weighted by Crippen LogP contribution is -2.45. The summed E-state index contributed by atoms with van der Waals surface area (Å²) in [6, 6.07) is 6.96. The Morgan fingerprint density at radius 2 is 1.97 bits per heavy atom. The molecule has 0 spiro atoms. The van der Waals surface area contributed by atoms with Crippen molar-refractivity contribution in [3.63, 3.8) is 0 Å². The van der Waals surface area contributed by atoms with Crippen LogP contribution in [-0.2, 0) is 5.60 Å². The normalized spacial score (nSPS) is 19.8. The van der Waals surface area contributed by atoms with Gasteiger partial charge in [0.05, 0.1) is 29.3 Å². The first-order valence-electron chi connectivity index (χ1n) is 9.90. The molecule has 3 heterocycles. The maximum atomic E-state index is 13.5. The molecule has 0 radical (unpaired) electrons. The third kappa shape index (κ3) is 3.97. The fourth-order valence-corrected chi connectivity index (χ4v) is 3.92. The Balaban J connectivity index is 1.63. The molecule has 1 aliphatic rings. The number of likely N-dealkylation sites (tertiary alicyclic amines) is 1. The molecule has 1 fully saturated rings. The largest absolute Gasteiger partial charge is 0.382 e. The summed E-state index contributed by atoms with van der Waals surface area (Å²) in [6.45, 7) is 5.84. The van der Waals surface area contributed by atoms with Crippen LogP contribution in [0.15, 0.2) is 41.2 Å². The lowest BCUT2D eigenvalue weighted by atomic mass is 9.89. The molecule has 1 amide bonds. The van der Waals surface area contributed by atoms with Crippen molar-refractivity contribution in [2.75, 3.05) is 6.54 Å². The first-order valence-corrected chi connectivity index (χ1v) is 10.3. The van der Waals surface area contributed by atoms with Gasteiger partial charge in [0.2, 0.25) is 0 Å². The maximum Gasteiger partial charge on any atom is 0.256 e. The van der Waals surface area contributed by atoms with E-state index in [9.17, 15) is 9.90 Å². The van der Waals surface area contributed by atoms with Crippen LogP contribution in [0.1, 0.15) is 61.3 Å². The van der Waals surface area contributed by atoms with Gasteiger partial charge in [-0.2, -0.15) is 15.0 Å². The number of nitrogens with zero attached hydrogens (tertiary/aromatic N) is 5. The van der Waals surface area contributed by atoms with E-state index in [1.807, 2.05) is 11.8 Å². The van der Waals surface area contributed by atoms with Gasteiger partial charge in [-0.3, -0.25) is 4.79 Å². The van der Waals surface area contributed by atoms with Crippen molar-refractivity contribution in [2.24, 2.45) is 0 Å². The average Bonchev–Trinajstić information content (AvgIpc) is 3.39. The van der Waals surface area contributed by atoms with Crippen molar-refractivity contribution in [1.82, 2.24) is 25.1 Å². The minimum atomic E-state index is -1.10. The number of aliphatic hydroxyl groups is 1. The predicted octanol–water partition coefficient (Wildman–Crippen LogP) is 3.54. The molecule has 0 aliphatic carbocycles. The zero-order valence-corrected chi connectivity index (χ0v) is 17.9. The van der Waals surface area contributed by atoms with Gasteiger partial charge in [-0.05, 0) is 51.8 Å². The zero-order valence-electron chi connectivity index (χ0n) is 17.1. The highest BCUT2D eigenvalue weighted by atomic mass is 35.5. The highest BCUT2D eigenvalue weighted by Gasteiger charge is 2.34. The Hall–Kier alpha value is -2.71. The smallest absolute Gasteiger partial charge is 0.256 e. The van der Waals surface area contributed by atoms with Gasteiger partial charge in [-0.1, -0.05) is 16.8 Å². The van der Waals surface area contributed by atoms with E-state index in [4.69, 9.17) is 16.1 Å². The van der Waals surface area contributed by atoms with Gasteiger partial charge in [-0.15, -0.1) is 0 Å². The summed E-state index contributed by atoms with van der Waals surface area (Å²) in [7, 11) is 0. The summed E-state index contributed by atoms with van der Waals surface area (Å²) in [5.74, 6) is 0.305. The molecule has 158 valence electrons. The molecule has 3 aromatic rings. The van der Waals surface area contributed by atoms with Crippen LogP contribution in [0, 0.1) is 0 Å². The molecule has 1 N–H and O–H groups in total. The molecule has 4 rings (SSSR count). The molecule has 8 nitrogen and oxygen atoms in total. The van der Waals surface area contributed by atoms with E-state index < -0.39 is 5.60 Å². The molecule has 9 heteroatoms. The topological polar surface area (TPSA) is 97.3 Å². The van der Waals surface area contributed by atoms with Gasteiger partial charge in [0.25, 0.3) is 5.91 Å². The van der Waals surface area contributed by atoms with Crippen molar-refractivity contribution in [3.8, 4) is 5.69 Å². The summed E-state index contributed by atoms with van der Waals surface area (Å²) in [5, 5.41) is 23.1. The highest BCUT2D eigenvalue weighted by molar-refractivity contribution is 6.31. The number of hydrogen-bond donors (Lipinski definition) is 1. The summed E-state index contributed by atoms with van der Waals surface area (Å²) in [4.78, 5) is 16.8. The number of carbonyl (C=O) groups excluding carboxylic acids is 1. The zero-order chi connectivity index (χ0) is 21.5. The molecule has 0 bridgehead atoms. The summed E-state index contributed by atoms with van der Waals surface area (Å²) in [5.41, 5.74) is 0.671. The molecule has 30 heavy (non-hydrogen) atoms. The van der Waals surface area contributed by atoms with Crippen molar-refractivity contribution in [2.45, 2.75) is 51.2 Å². The fourth-order valence-electron chi connectivity index (χ4n) is 3.75. The van der Waals surface area contributed by atoms with Crippen LogP contribution >= 0.6 is 11.6 Å². The Kier molecular flexibility index (Phi) is 5.38. The summed E-state index contributed by atoms with van der Waals surface area (Å²) < 4.78 is 5.33. The second kappa shape index (κ2) is 7.85. The quantitative estimate of drug-likeness (QED) is 0.681. The Morgan fingerprint density at radius 3 is 2.63 bits per heavy atom. The van der Waals surface area contributed by atoms with Gasteiger partial charge in [-0.25, -0.2) is 0 Å². The van der Waals surface area contributed by atoms with E-state index in [1.165, 1.54) is 4.80 Å². The number of piperidine rings is 1. The molecule has 1 aromatic carbocycles. The molecule has 1 aliphatic heterocycles. The van der Waals surface area contributed by atoms with Crippen LogP contribution in [-0.4, -0.2) is 48.7 Å². The number of hydrogen-bond acceptors (Lipinski definition) is 6. The SMILES string of the molecule is C[C@@H]1CC[C@@H](c2cc(C(C)(C)O)on2)CN1C(=O)c1cc(Cl)ccc1-n1nccn1. The highest BCUT2D eigenvalue weighted by Crippen LogP contribution is 2.33. The lowest BCUT2D eigenvalue weighted by Gasteiger charge is -2.37. The van der Waals surface area contributed by atoms with E-state index in [1.54, 1.807) is 50.5 Å². The number of amides is 1. The molecule has 1 saturated heterocycles. The van der Waals surface area contributed by atoms with Crippen molar-refractivity contribution in [3.05, 3.63) is 58.7 Å². The minimum Gasteiger partial charge on any atom is -0.382 e. The van der Waals surface area contributed by atoms with Crippen LogP contribution in [0.2, 0.25) is 5.02 Å². The molecule has 2 aromatic heterocycles. The van der Waals surface area contributed by atoms with Crippen LogP contribution in [0.4, 0.5) is 0 Å². The Labute approximate surface area is 179 Å². The van der Waals surface area contributed by atoms with E-state index in [0.717, 1.165) is 18.5 Å². The summed E-state index contributed by atoms with van der Waals surface area (Å²) >= 11 is 6.20. The molecular formula is C21H24ClN5O3. The fraction of sp³-hybridized carbons (Fsp3) is 0.429. The predicted molar refractivity (Wildman–Crippen MR) is 111 cm³/mol. The van der Waals surface area contributed by atoms with Crippen molar-refractivity contribution >= 4 is 17.5 Å². The third-order valence-corrected chi connectivity index (χ3v) is 5.75. The number of rotatable bonds is 4. The standard InChI is InChI=1S/C21H24ClN5O3/c1-13-4-5-14(17-11-19(30-25-17)21(2,3)29)12-26(13)20(28)16-10-15(22)6-7-18(16)27-23-8-9-24-27/h6-11,13-14,29H,4-5,12H2,1-3H3/t13-,14-/m1/s1.